The van der Waals surface area contributed by atoms with Crippen LogP contribution in [-0.4, -0.2) is 39.5 Å². The zero-order valence-electron chi connectivity index (χ0n) is 12.1. The molecule has 2 N–H and O–H groups in total. The summed E-state index contributed by atoms with van der Waals surface area (Å²) in [6.45, 7) is 4.75. The number of nitrogens with zero attached hydrogens (tertiary/aromatic N) is 2. The van der Waals surface area contributed by atoms with Gasteiger partial charge in [-0.05, 0) is 25.1 Å². The average Bonchev–Trinajstić information content (AvgIpc) is 2.79. The number of carboxylic acid groups (broad SMARTS) is 1. The molecule has 0 amide bonds. The van der Waals surface area contributed by atoms with Gasteiger partial charge in [-0.2, -0.15) is 0 Å². The van der Waals surface area contributed by atoms with Gasteiger partial charge in [0.05, 0.1) is 23.5 Å². The van der Waals surface area contributed by atoms with Gasteiger partial charge in [0.25, 0.3) is 0 Å². The van der Waals surface area contributed by atoms with Crippen LogP contribution in [0.15, 0.2) is 24.3 Å². The minimum Gasteiger partial charge on any atom is -0.481 e. The van der Waals surface area contributed by atoms with Gasteiger partial charge in [0, 0.05) is 6.54 Å². The van der Waals surface area contributed by atoms with E-state index in [4.69, 9.17) is 5.11 Å². The topological polar surface area (TPSA) is 69.2 Å². The Morgan fingerprint density at radius 1 is 1.40 bits per heavy atom. The summed E-state index contributed by atoms with van der Waals surface area (Å²) in [5, 5.41) is 8.82. The molecule has 108 valence electrons. The highest BCUT2D eigenvalue weighted by Gasteiger charge is 2.24. The number of aromatic amines is 1. The van der Waals surface area contributed by atoms with Crippen molar-refractivity contribution in [3.8, 4) is 0 Å². The maximum atomic E-state index is 10.7. The zero-order valence-corrected chi connectivity index (χ0v) is 12.1. The van der Waals surface area contributed by atoms with E-state index in [1.807, 2.05) is 31.3 Å². The van der Waals surface area contributed by atoms with Gasteiger partial charge in [0.1, 0.15) is 5.82 Å². The van der Waals surface area contributed by atoms with Crippen molar-refractivity contribution >= 4 is 17.0 Å². The van der Waals surface area contributed by atoms with Gasteiger partial charge in [-0.15, -0.1) is 0 Å². The van der Waals surface area contributed by atoms with E-state index in [2.05, 4.69) is 28.7 Å². The lowest BCUT2D eigenvalue weighted by Crippen LogP contribution is -2.31. The summed E-state index contributed by atoms with van der Waals surface area (Å²) in [6.07, 6.45) is 0.139. The van der Waals surface area contributed by atoms with E-state index in [-0.39, 0.29) is 12.5 Å². The number of nitrogens with one attached hydrogen (secondary N) is 1. The molecule has 2 rings (SSSR count). The Labute approximate surface area is 118 Å². The third-order valence-corrected chi connectivity index (χ3v) is 3.47. The molecule has 1 heterocycles. The molecule has 5 nitrogen and oxygen atoms in total. The minimum atomic E-state index is -0.774. The Kier molecular flexibility index (Phi) is 4.39. The lowest BCUT2D eigenvalue weighted by molar-refractivity contribution is -0.137. The van der Waals surface area contributed by atoms with E-state index in [9.17, 15) is 4.79 Å². The molecule has 2 aromatic rings. The molecule has 5 heteroatoms. The number of fused-ring (bicyclic) bond motifs is 1. The fraction of sp³-hybridized carbons (Fsp3) is 0.467. The second-order valence-corrected chi connectivity index (χ2v) is 5.45. The summed E-state index contributed by atoms with van der Waals surface area (Å²) in [7, 11) is 1.95. The van der Waals surface area contributed by atoms with Crippen molar-refractivity contribution in [2.75, 3.05) is 13.6 Å². The van der Waals surface area contributed by atoms with Crippen molar-refractivity contribution in [1.82, 2.24) is 14.9 Å². The number of para-hydroxylation sites is 2. The highest BCUT2D eigenvalue weighted by Crippen LogP contribution is 2.27. The second kappa shape index (κ2) is 6.05. The molecule has 1 aromatic heterocycles. The maximum absolute atomic E-state index is 10.7. The Morgan fingerprint density at radius 3 is 2.70 bits per heavy atom. The number of aliphatic carboxylic acids is 1. The maximum Gasteiger partial charge on any atom is 0.304 e. The normalized spacial score (nSPS) is 13.2. The minimum absolute atomic E-state index is 0.0850. The predicted octanol–water partition coefficient (Wildman–Crippen LogP) is 2.67. The SMILES string of the molecule is CC(C)C(c1nc2ccccc2[nH]1)N(C)CCC(=O)O. The second-order valence-electron chi connectivity index (χ2n) is 5.45. The lowest BCUT2D eigenvalue weighted by Gasteiger charge is -2.29. The van der Waals surface area contributed by atoms with Crippen molar-refractivity contribution in [2.45, 2.75) is 26.3 Å². The molecular weight excluding hydrogens is 254 g/mol. The van der Waals surface area contributed by atoms with Gasteiger partial charge in [0.2, 0.25) is 0 Å². The molecule has 1 aromatic carbocycles. The third-order valence-electron chi connectivity index (χ3n) is 3.47. The molecule has 1 unspecified atom stereocenters. The van der Waals surface area contributed by atoms with Crippen LogP contribution in [0.5, 0.6) is 0 Å². The first-order chi connectivity index (χ1) is 9.49. The molecular formula is C15H21N3O2. The Balaban J connectivity index is 2.25. The number of benzene rings is 1. The molecule has 1 atom stereocenters. The van der Waals surface area contributed by atoms with Crippen LogP contribution in [0.1, 0.15) is 32.1 Å². The number of aromatic nitrogens is 2. The number of imidazole rings is 1. The van der Waals surface area contributed by atoms with Gasteiger partial charge in [-0.3, -0.25) is 9.69 Å². The van der Waals surface area contributed by atoms with Gasteiger partial charge in [0.15, 0.2) is 0 Å². The number of hydrogen-bond donors (Lipinski definition) is 2. The summed E-state index contributed by atoms with van der Waals surface area (Å²) < 4.78 is 0. The van der Waals surface area contributed by atoms with Crippen molar-refractivity contribution in [1.29, 1.82) is 0 Å². The predicted molar refractivity (Wildman–Crippen MR) is 78.6 cm³/mol. The first kappa shape index (κ1) is 14.5. The molecule has 0 spiro atoms. The summed E-state index contributed by atoms with van der Waals surface area (Å²) in [5.41, 5.74) is 1.96. The van der Waals surface area contributed by atoms with Crippen LogP contribution < -0.4 is 0 Å². The van der Waals surface area contributed by atoms with Crippen LogP contribution in [-0.2, 0) is 4.79 Å². The molecule has 0 saturated heterocycles. The van der Waals surface area contributed by atoms with E-state index in [0.29, 0.717) is 12.5 Å². The van der Waals surface area contributed by atoms with Crippen molar-refractivity contribution in [3.63, 3.8) is 0 Å². The van der Waals surface area contributed by atoms with Crippen molar-refractivity contribution in [2.24, 2.45) is 5.92 Å². The quantitative estimate of drug-likeness (QED) is 0.850. The first-order valence-electron chi connectivity index (χ1n) is 6.85. The fourth-order valence-electron chi connectivity index (χ4n) is 2.56. The van der Waals surface area contributed by atoms with E-state index < -0.39 is 5.97 Å². The molecule has 0 aliphatic rings. The third kappa shape index (κ3) is 3.17. The van der Waals surface area contributed by atoms with Crippen LogP contribution >= 0.6 is 0 Å². The highest BCUT2D eigenvalue weighted by molar-refractivity contribution is 5.74. The van der Waals surface area contributed by atoms with E-state index in [1.165, 1.54) is 0 Å². The number of hydrogen-bond acceptors (Lipinski definition) is 3. The summed E-state index contributed by atoms with van der Waals surface area (Å²) in [5.74, 6) is 0.465. The first-order valence-corrected chi connectivity index (χ1v) is 6.85. The van der Waals surface area contributed by atoms with Gasteiger partial charge in [-0.1, -0.05) is 26.0 Å². The number of rotatable bonds is 6. The molecule has 0 fully saturated rings. The molecule has 0 saturated carbocycles. The lowest BCUT2D eigenvalue weighted by atomic mass is 10.0. The zero-order chi connectivity index (χ0) is 14.7. The Bertz CT molecular complexity index is 559. The largest absolute Gasteiger partial charge is 0.481 e. The average molecular weight is 275 g/mol. The molecule has 0 radical (unpaired) electrons. The van der Waals surface area contributed by atoms with E-state index in [0.717, 1.165) is 16.9 Å². The van der Waals surface area contributed by atoms with Crippen LogP contribution in [0, 0.1) is 5.92 Å². The number of H-pyrrole nitrogens is 1. The van der Waals surface area contributed by atoms with E-state index >= 15 is 0 Å². The van der Waals surface area contributed by atoms with Crippen LogP contribution in [0.25, 0.3) is 11.0 Å². The van der Waals surface area contributed by atoms with Gasteiger partial charge < -0.3 is 10.1 Å². The number of carboxylic acids is 1. The fourth-order valence-corrected chi connectivity index (χ4v) is 2.56. The summed E-state index contributed by atoms with van der Waals surface area (Å²) >= 11 is 0. The van der Waals surface area contributed by atoms with Crippen molar-refractivity contribution in [3.05, 3.63) is 30.1 Å². The van der Waals surface area contributed by atoms with Crippen LogP contribution in [0.4, 0.5) is 0 Å². The summed E-state index contributed by atoms with van der Waals surface area (Å²) in [6, 6.07) is 8.00. The molecule has 20 heavy (non-hydrogen) atoms. The summed E-state index contributed by atoms with van der Waals surface area (Å²) in [4.78, 5) is 20.8. The van der Waals surface area contributed by atoms with Gasteiger partial charge >= 0.3 is 5.97 Å². The Morgan fingerprint density at radius 2 is 2.10 bits per heavy atom. The molecule has 0 aliphatic carbocycles. The molecule has 0 bridgehead atoms. The smallest absolute Gasteiger partial charge is 0.304 e. The standard InChI is InChI=1S/C15H21N3O2/c1-10(2)14(18(3)9-8-13(19)20)15-16-11-6-4-5-7-12(11)17-15/h4-7,10,14H,8-9H2,1-3H3,(H,16,17)(H,19,20). The van der Waals surface area contributed by atoms with E-state index in [1.54, 1.807) is 0 Å². The van der Waals surface area contributed by atoms with Crippen LogP contribution in [0.3, 0.4) is 0 Å². The van der Waals surface area contributed by atoms with Crippen LogP contribution in [0.2, 0.25) is 0 Å². The highest BCUT2D eigenvalue weighted by atomic mass is 16.4. The van der Waals surface area contributed by atoms with Gasteiger partial charge in [-0.25, -0.2) is 4.98 Å². The Hall–Kier alpha value is -1.88. The molecule has 0 aliphatic heterocycles. The monoisotopic (exact) mass is 275 g/mol. The number of carbonyl (C=O) groups is 1. The van der Waals surface area contributed by atoms with Crippen molar-refractivity contribution < 1.29 is 9.90 Å².